The summed E-state index contributed by atoms with van der Waals surface area (Å²) in [6, 6.07) is 23.2. The molecule has 0 aliphatic heterocycles. The van der Waals surface area contributed by atoms with E-state index in [1.807, 2.05) is 79.7 Å². The summed E-state index contributed by atoms with van der Waals surface area (Å²) >= 11 is 5.39. The maximum atomic E-state index is 6.00. The Morgan fingerprint density at radius 3 is 2.64 bits per heavy atom. The number of benzene rings is 3. The molecule has 0 spiro atoms. The lowest BCUT2D eigenvalue weighted by atomic mass is 10.2. The van der Waals surface area contributed by atoms with Crippen molar-refractivity contribution in [3.8, 4) is 28.6 Å². The lowest BCUT2D eigenvalue weighted by molar-refractivity contribution is 0.284. The second kappa shape index (κ2) is 10.6. The number of hydrogen-bond donors (Lipinski definition) is 1. The van der Waals surface area contributed by atoms with Crippen LogP contribution >= 0.6 is 12.2 Å². The molecule has 1 aromatic heterocycles. The molecule has 1 heterocycles. The zero-order valence-corrected chi connectivity index (χ0v) is 19.2. The molecule has 0 unspecified atom stereocenters. The Morgan fingerprint density at radius 2 is 1.85 bits per heavy atom. The summed E-state index contributed by atoms with van der Waals surface area (Å²) < 4.78 is 19.0. The number of ether oxygens (including phenoxy) is 3. The van der Waals surface area contributed by atoms with E-state index in [-0.39, 0.29) is 0 Å². The summed E-state index contributed by atoms with van der Waals surface area (Å²) in [6.45, 7) is 2.96. The lowest BCUT2D eigenvalue weighted by Gasteiger charge is -2.11. The third-order valence-corrected chi connectivity index (χ3v) is 5.07. The molecule has 0 radical (unpaired) electrons. The summed E-state index contributed by atoms with van der Waals surface area (Å²) in [4.78, 5) is 0. The number of H-pyrrole nitrogens is 1. The van der Waals surface area contributed by atoms with Crippen molar-refractivity contribution < 1.29 is 14.2 Å². The topological polar surface area (TPSA) is 73.7 Å². The Kier molecular flexibility index (Phi) is 7.16. The first kappa shape index (κ1) is 22.3. The van der Waals surface area contributed by atoms with E-state index in [1.165, 1.54) is 0 Å². The van der Waals surface area contributed by atoms with E-state index in [1.54, 1.807) is 18.0 Å². The van der Waals surface area contributed by atoms with Crippen LogP contribution in [0.25, 0.3) is 11.4 Å². The van der Waals surface area contributed by atoms with Crippen molar-refractivity contribution in [2.24, 2.45) is 5.10 Å². The number of methoxy groups -OCH3 is 1. The average Bonchev–Trinajstić information content (AvgIpc) is 3.22. The van der Waals surface area contributed by atoms with Gasteiger partial charge >= 0.3 is 0 Å². The second-order valence-corrected chi connectivity index (χ2v) is 7.44. The van der Waals surface area contributed by atoms with Gasteiger partial charge in [0.1, 0.15) is 12.4 Å². The number of hydrogen-bond acceptors (Lipinski definition) is 6. The van der Waals surface area contributed by atoms with Gasteiger partial charge in [-0.1, -0.05) is 42.5 Å². The molecule has 0 aliphatic carbocycles. The van der Waals surface area contributed by atoms with Gasteiger partial charge in [-0.3, -0.25) is 0 Å². The molecule has 0 saturated carbocycles. The maximum Gasteiger partial charge on any atom is 0.216 e. The Hall–Kier alpha value is -3.91. The third-order valence-electron chi connectivity index (χ3n) is 4.80. The van der Waals surface area contributed by atoms with Crippen molar-refractivity contribution in [2.75, 3.05) is 13.7 Å². The zero-order chi connectivity index (χ0) is 23.0. The third kappa shape index (κ3) is 5.48. The van der Waals surface area contributed by atoms with Gasteiger partial charge in [-0.05, 0) is 60.6 Å². The SMILES string of the molecule is CCOc1cccc(-c2n[nH]c(=S)n2/N=C/c2ccc(OC)c(OCc3ccccc3)c2)c1. The molecule has 7 nitrogen and oxygen atoms in total. The van der Waals surface area contributed by atoms with E-state index in [4.69, 9.17) is 26.4 Å². The predicted molar refractivity (Wildman–Crippen MR) is 131 cm³/mol. The normalized spacial score (nSPS) is 11.0. The standard InChI is InChI=1S/C25H24N4O3S/c1-3-31-21-11-7-10-20(15-21)24-27-28-25(33)29(24)26-16-19-12-13-22(30-2)23(14-19)32-17-18-8-5-4-6-9-18/h4-16H,3,17H2,1-2H3,(H,28,33)/b26-16+. The van der Waals surface area contributed by atoms with Crippen molar-refractivity contribution >= 4 is 18.4 Å². The van der Waals surface area contributed by atoms with Gasteiger partial charge in [0, 0.05) is 5.56 Å². The molecule has 4 rings (SSSR count). The fraction of sp³-hybridized carbons (Fsp3) is 0.160. The van der Waals surface area contributed by atoms with Crippen LogP contribution in [0.15, 0.2) is 77.9 Å². The van der Waals surface area contributed by atoms with Gasteiger partial charge < -0.3 is 14.2 Å². The van der Waals surface area contributed by atoms with Crippen LogP contribution < -0.4 is 14.2 Å². The van der Waals surface area contributed by atoms with Crippen molar-refractivity contribution in [1.82, 2.24) is 14.9 Å². The molecule has 168 valence electrons. The minimum absolute atomic E-state index is 0.386. The van der Waals surface area contributed by atoms with Crippen LogP contribution in [0.1, 0.15) is 18.1 Å². The van der Waals surface area contributed by atoms with Crippen LogP contribution in [0.4, 0.5) is 0 Å². The Labute approximate surface area is 197 Å². The van der Waals surface area contributed by atoms with E-state index in [9.17, 15) is 0 Å². The van der Waals surface area contributed by atoms with Crippen molar-refractivity contribution in [2.45, 2.75) is 13.5 Å². The van der Waals surface area contributed by atoms with Gasteiger partial charge in [0.15, 0.2) is 17.3 Å². The summed E-state index contributed by atoms with van der Waals surface area (Å²) in [5.74, 6) is 2.63. The molecule has 1 N–H and O–H groups in total. The highest BCUT2D eigenvalue weighted by Gasteiger charge is 2.10. The fourth-order valence-corrected chi connectivity index (χ4v) is 3.40. The van der Waals surface area contributed by atoms with E-state index >= 15 is 0 Å². The van der Waals surface area contributed by atoms with Gasteiger partial charge in [-0.2, -0.15) is 14.9 Å². The molecule has 0 saturated heterocycles. The molecule has 0 aliphatic rings. The number of aromatic amines is 1. The molecule has 0 amide bonds. The summed E-state index contributed by atoms with van der Waals surface area (Å²) in [5.41, 5.74) is 2.74. The van der Waals surface area contributed by atoms with E-state index in [0.717, 1.165) is 22.4 Å². The monoisotopic (exact) mass is 460 g/mol. The molecule has 0 bridgehead atoms. The van der Waals surface area contributed by atoms with Gasteiger partial charge in [0.05, 0.1) is 19.9 Å². The van der Waals surface area contributed by atoms with Crippen molar-refractivity contribution in [1.29, 1.82) is 0 Å². The van der Waals surface area contributed by atoms with Crippen LogP contribution in [0.3, 0.4) is 0 Å². The van der Waals surface area contributed by atoms with Crippen LogP contribution in [-0.2, 0) is 6.61 Å². The largest absolute Gasteiger partial charge is 0.494 e. The minimum Gasteiger partial charge on any atom is -0.494 e. The highest BCUT2D eigenvalue weighted by atomic mass is 32.1. The zero-order valence-electron chi connectivity index (χ0n) is 18.4. The summed E-state index contributed by atoms with van der Waals surface area (Å²) in [7, 11) is 1.62. The Morgan fingerprint density at radius 1 is 1.00 bits per heavy atom. The Balaban J connectivity index is 1.59. The first-order chi connectivity index (χ1) is 16.2. The first-order valence-electron chi connectivity index (χ1n) is 10.5. The van der Waals surface area contributed by atoms with Crippen LogP contribution in [0.5, 0.6) is 17.2 Å². The number of rotatable bonds is 9. The van der Waals surface area contributed by atoms with Crippen molar-refractivity contribution in [3.05, 3.63) is 88.7 Å². The van der Waals surface area contributed by atoms with E-state index < -0.39 is 0 Å². The number of aromatic nitrogens is 3. The van der Waals surface area contributed by atoms with Crippen LogP contribution in [0.2, 0.25) is 0 Å². The highest BCUT2D eigenvalue weighted by molar-refractivity contribution is 7.71. The quantitative estimate of drug-likeness (QED) is 0.265. The summed E-state index contributed by atoms with van der Waals surface area (Å²) in [5, 5.41) is 11.7. The smallest absolute Gasteiger partial charge is 0.216 e. The first-order valence-corrected chi connectivity index (χ1v) is 10.9. The molecular formula is C25H24N4O3S. The number of nitrogens with one attached hydrogen (secondary N) is 1. The minimum atomic E-state index is 0.386. The number of nitrogens with zero attached hydrogens (tertiary/aromatic N) is 3. The molecule has 4 aromatic rings. The second-order valence-electron chi connectivity index (χ2n) is 7.05. The van der Waals surface area contributed by atoms with Gasteiger partial charge in [-0.25, -0.2) is 5.10 Å². The maximum absolute atomic E-state index is 6.00. The van der Waals surface area contributed by atoms with E-state index in [0.29, 0.717) is 35.3 Å². The predicted octanol–water partition coefficient (Wildman–Crippen LogP) is 5.48. The fourth-order valence-electron chi connectivity index (χ4n) is 3.22. The summed E-state index contributed by atoms with van der Waals surface area (Å²) in [6.07, 6.45) is 1.70. The van der Waals surface area contributed by atoms with E-state index in [2.05, 4.69) is 15.3 Å². The van der Waals surface area contributed by atoms with Crippen molar-refractivity contribution in [3.63, 3.8) is 0 Å². The molecular weight excluding hydrogens is 436 g/mol. The molecule has 8 heteroatoms. The van der Waals surface area contributed by atoms with Crippen LogP contribution in [-0.4, -0.2) is 34.8 Å². The molecule has 33 heavy (non-hydrogen) atoms. The lowest BCUT2D eigenvalue weighted by Crippen LogP contribution is -1.99. The average molecular weight is 461 g/mol. The van der Waals surface area contributed by atoms with Crippen LogP contribution in [0, 0.1) is 4.77 Å². The van der Waals surface area contributed by atoms with Gasteiger partial charge in [0.25, 0.3) is 0 Å². The molecule has 0 atom stereocenters. The molecule has 0 fully saturated rings. The highest BCUT2D eigenvalue weighted by Crippen LogP contribution is 2.28. The molecule has 3 aromatic carbocycles. The van der Waals surface area contributed by atoms with Gasteiger partial charge in [0.2, 0.25) is 4.77 Å². The Bertz CT molecular complexity index is 1300. The van der Waals surface area contributed by atoms with Gasteiger partial charge in [-0.15, -0.1) is 0 Å².